The van der Waals surface area contributed by atoms with Crippen LogP contribution in [0.5, 0.6) is 5.75 Å². The van der Waals surface area contributed by atoms with Crippen LogP contribution in [-0.2, 0) is 14.8 Å². The fourth-order valence-electron chi connectivity index (χ4n) is 3.90. The van der Waals surface area contributed by atoms with Gasteiger partial charge in [0.2, 0.25) is 10.0 Å². The van der Waals surface area contributed by atoms with Crippen LogP contribution in [0.1, 0.15) is 11.6 Å². The second-order valence-corrected chi connectivity index (χ2v) is 9.08. The van der Waals surface area contributed by atoms with Crippen LogP contribution in [0.4, 0.5) is 0 Å². The molecule has 1 aromatic heterocycles. The third-order valence-corrected chi connectivity index (χ3v) is 7.40. The van der Waals surface area contributed by atoms with Crippen LogP contribution in [0.25, 0.3) is 10.9 Å². The zero-order chi connectivity index (χ0) is 21.3. The summed E-state index contributed by atoms with van der Waals surface area (Å²) in [6.07, 6.45) is 1.73. The predicted octanol–water partition coefficient (Wildman–Crippen LogP) is 2.31. The van der Waals surface area contributed by atoms with Crippen molar-refractivity contribution in [1.82, 2.24) is 14.2 Å². The lowest BCUT2D eigenvalue weighted by molar-refractivity contribution is -0.144. The van der Waals surface area contributed by atoms with E-state index in [1.807, 2.05) is 29.2 Å². The number of H-pyrrole nitrogens is 1. The second-order valence-electron chi connectivity index (χ2n) is 7.15. The maximum atomic E-state index is 12.9. The molecule has 2 heterocycles. The number of hydrogen-bond donors (Lipinski definition) is 2. The summed E-state index contributed by atoms with van der Waals surface area (Å²) in [7, 11) is -2.12. The van der Waals surface area contributed by atoms with Crippen molar-refractivity contribution in [3.8, 4) is 5.75 Å². The van der Waals surface area contributed by atoms with Gasteiger partial charge in [0, 0.05) is 48.8 Å². The van der Waals surface area contributed by atoms with Crippen molar-refractivity contribution in [3.05, 3.63) is 60.3 Å². The Morgan fingerprint density at radius 1 is 1.07 bits per heavy atom. The Morgan fingerprint density at radius 3 is 2.37 bits per heavy atom. The summed E-state index contributed by atoms with van der Waals surface area (Å²) < 4.78 is 32.4. The Balaban J connectivity index is 1.53. The number of rotatable bonds is 6. The first-order chi connectivity index (χ1) is 14.4. The van der Waals surface area contributed by atoms with Crippen LogP contribution in [0.3, 0.4) is 0 Å². The lowest BCUT2D eigenvalue weighted by atomic mass is 10.0. The van der Waals surface area contributed by atoms with Gasteiger partial charge in [0.05, 0.1) is 12.0 Å². The third kappa shape index (κ3) is 3.67. The molecule has 1 saturated heterocycles. The Morgan fingerprint density at radius 2 is 1.73 bits per heavy atom. The number of piperazine rings is 1. The molecule has 0 bridgehead atoms. The fourth-order valence-corrected chi connectivity index (χ4v) is 5.33. The van der Waals surface area contributed by atoms with Crippen LogP contribution >= 0.6 is 0 Å². The summed E-state index contributed by atoms with van der Waals surface area (Å²) in [5.74, 6) is -0.368. The molecular formula is C21H23N3O5S. The van der Waals surface area contributed by atoms with E-state index in [9.17, 15) is 18.3 Å². The number of sulfonamides is 1. The third-order valence-electron chi connectivity index (χ3n) is 5.49. The van der Waals surface area contributed by atoms with Gasteiger partial charge in [0.1, 0.15) is 11.8 Å². The van der Waals surface area contributed by atoms with Crippen molar-refractivity contribution in [1.29, 1.82) is 0 Å². The molecule has 30 heavy (non-hydrogen) atoms. The number of aliphatic carboxylic acids is 1. The molecule has 0 saturated carbocycles. The van der Waals surface area contributed by atoms with Crippen molar-refractivity contribution in [2.24, 2.45) is 0 Å². The average molecular weight is 429 g/mol. The molecule has 2 N–H and O–H groups in total. The second kappa shape index (κ2) is 8.10. The molecule has 4 rings (SSSR count). The molecule has 0 unspecified atom stereocenters. The summed E-state index contributed by atoms with van der Waals surface area (Å²) in [6.45, 7) is 1.10. The monoisotopic (exact) mass is 429 g/mol. The topological polar surface area (TPSA) is 103 Å². The first kappa shape index (κ1) is 20.4. The maximum absolute atomic E-state index is 12.9. The van der Waals surface area contributed by atoms with Gasteiger partial charge in [-0.05, 0) is 30.3 Å². The minimum absolute atomic E-state index is 0.197. The number of methoxy groups -OCH3 is 1. The van der Waals surface area contributed by atoms with Crippen LogP contribution in [0.2, 0.25) is 0 Å². The van der Waals surface area contributed by atoms with Crippen molar-refractivity contribution < 1.29 is 23.1 Å². The summed E-state index contributed by atoms with van der Waals surface area (Å²) in [4.78, 5) is 17.2. The molecule has 1 aliphatic rings. The number of nitrogens with one attached hydrogen (secondary N) is 1. The van der Waals surface area contributed by atoms with Crippen LogP contribution < -0.4 is 4.74 Å². The van der Waals surface area contributed by atoms with Gasteiger partial charge in [-0.25, -0.2) is 8.42 Å². The number of fused-ring (bicyclic) bond motifs is 1. The molecule has 0 radical (unpaired) electrons. The SMILES string of the molecule is COc1ccc(S(=O)(=O)N2CCN([C@@H](C(=O)O)c3c[nH]c4ccccc34)CC2)cc1. The summed E-state index contributed by atoms with van der Waals surface area (Å²) in [5, 5.41) is 10.8. The standard InChI is InChI=1S/C21H23N3O5S/c1-29-15-6-8-16(9-7-15)30(27,28)24-12-10-23(11-13-24)20(21(25)26)18-14-22-19-5-3-2-4-17(18)19/h2-9,14,20,22H,10-13H2,1H3,(H,25,26)/t20-/m1/s1. The van der Waals surface area contributed by atoms with E-state index in [0.29, 0.717) is 24.4 Å². The zero-order valence-corrected chi connectivity index (χ0v) is 17.3. The highest BCUT2D eigenvalue weighted by Gasteiger charge is 2.35. The molecular weight excluding hydrogens is 406 g/mol. The molecule has 1 atom stereocenters. The van der Waals surface area contributed by atoms with E-state index in [-0.39, 0.29) is 18.0 Å². The van der Waals surface area contributed by atoms with E-state index < -0.39 is 22.0 Å². The smallest absolute Gasteiger partial charge is 0.325 e. The highest BCUT2D eigenvalue weighted by Crippen LogP contribution is 2.30. The van der Waals surface area contributed by atoms with Gasteiger partial charge in [-0.1, -0.05) is 18.2 Å². The Hall–Kier alpha value is -2.88. The lowest BCUT2D eigenvalue weighted by Gasteiger charge is -2.37. The molecule has 0 spiro atoms. The number of carbonyl (C=O) groups is 1. The molecule has 2 aromatic carbocycles. The normalized spacial score (nSPS) is 17.1. The molecule has 3 aromatic rings. The van der Waals surface area contributed by atoms with Crippen LogP contribution in [-0.4, -0.2) is 67.0 Å². The number of carboxylic acid groups (broad SMARTS) is 1. The first-order valence-corrected chi connectivity index (χ1v) is 11.0. The molecule has 0 aliphatic carbocycles. The van der Waals surface area contributed by atoms with Gasteiger partial charge >= 0.3 is 5.97 Å². The number of aromatic amines is 1. The molecule has 158 valence electrons. The molecule has 9 heteroatoms. The molecule has 1 aliphatic heterocycles. The number of aromatic nitrogens is 1. The largest absolute Gasteiger partial charge is 0.497 e. The van der Waals surface area contributed by atoms with Gasteiger partial charge in [-0.3, -0.25) is 9.69 Å². The number of para-hydroxylation sites is 1. The van der Waals surface area contributed by atoms with Crippen molar-refractivity contribution in [2.45, 2.75) is 10.9 Å². The fraction of sp³-hybridized carbons (Fsp3) is 0.286. The van der Waals surface area contributed by atoms with Gasteiger partial charge < -0.3 is 14.8 Å². The van der Waals surface area contributed by atoms with Gasteiger partial charge in [0.25, 0.3) is 0 Å². The maximum Gasteiger partial charge on any atom is 0.325 e. The molecule has 8 nitrogen and oxygen atoms in total. The van der Waals surface area contributed by atoms with Crippen molar-refractivity contribution in [3.63, 3.8) is 0 Å². The van der Waals surface area contributed by atoms with E-state index in [1.165, 1.54) is 23.5 Å². The number of carboxylic acids is 1. The van der Waals surface area contributed by atoms with E-state index in [4.69, 9.17) is 4.74 Å². The lowest BCUT2D eigenvalue weighted by Crippen LogP contribution is -2.50. The number of ether oxygens (including phenoxy) is 1. The Bertz CT molecular complexity index is 1150. The zero-order valence-electron chi connectivity index (χ0n) is 16.5. The first-order valence-electron chi connectivity index (χ1n) is 9.59. The quantitative estimate of drug-likeness (QED) is 0.623. The Labute approximate surface area is 174 Å². The number of benzene rings is 2. The van der Waals surface area contributed by atoms with E-state index >= 15 is 0 Å². The minimum Gasteiger partial charge on any atom is -0.497 e. The van der Waals surface area contributed by atoms with E-state index in [2.05, 4.69) is 4.98 Å². The number of nitrogens with zero attached hydrogens (tertiary/aromatic N) is 2. The van der Waals surface area contributed by atoms with Crippen LogP contribution in [0, 0.1) is 0 Å². The van der Waals surface area contributed by atoms with Gasteiger partial charge in [0.15, 0.2) is 0 Å². The highest BCUT2D eigenvalue weighted by molar-refractivity contribution is 7.89. The van der Waals surface area contributed by atoms with Gasteiger partial charge in [-0.2, -0.15) is 4.31 Å². The summed E-state index contributed by atoms with van der Waals surface area (Å²) >= 11 is 0. The highest BCUT2D eigenvalue weighted by atomic mass is 32.2. The van der Waals surface area contributed by atoms with Crippen molar-refractivity contribution in [2.75, 3.05) is 33.3 Å². The molecule has 1 fully saturated rings. The van der Waals surface area contributed by atoms with Crippen molar-refractivity contribution >= 4 is 26.9 Å². The van der Waals surface area contributed by atoms with Gasteiger partial charge in [-0.15, -0.1) is 0 Å². The van der Waals surface area contributed by atoms with Crippen LogP contribution in [0.15, 0.2) is 59.6 Å². The molecule has 0 amide bonds. The summed E-state index contributed by atoms with van der Waals surface area (Å²) in [6, 6.07) is 13.0. The van der Waals surface area contributed by atoms with E-state index in [1.54, 1.807) is 18.3 Å². The predicted molar refractivity (Wildman–Crippen MR) is 112 cm³/mol. The minimum atomic E-state index is -3.65. The van der Waals surface area contributed by atoms with E-state index in [0.717, 1.165) is 10.9 Å². The average Bonchev–Trinajstić information content (AvgIpc) is 3.18. The number of hydrogen-bond acceptors (Lipinski definition) is 5. The Kier molecular flexibility index (Phi) is 5.50. The summed E-state index contributed by atoms with van der Waals surface area (Å²) in [5.41, 5.74) is 1.56.